The summed E-state index contributed by atoms with van der Waals surface area (Å²) in [6, 6.07) is 14.7. The smallest absolute Gasteiger partial charge is 0.302 e. The number of nitriles is 2. The number of non-ortho nitro benzene ring substituents is 1. The molecule has 0 N–H and O–H groups in total. The van der Waals surface area contributed by atoms with Crippen molar-refractivity contribution in [2.45, 2.75) is 13.3 Å². The Morgan fingerprint density at radius 1 is 1.17 bits per heavy atom. The molecule has 0 saturated heterocycles. The van der Waals surface area contributed by atoms with Gasteiger partial charge in [0.1, 0.15) is 18.4 Å². The molecule has 0 unspecified atom stereocenters. The van der Waals surface area contributed by atoms with Gasteiger partial charge in [0.05, 0.1) is 35.2 Å². The third kappa shape index (κ3) is 6.39. The minimum absolute atomic E-state index is 0.0534. The molecule has 0 aromatic heterocycles. The third-order valence-corrected chi connectivity index (χ3v) is 3.96. The van der Waals surface area contributed by atoms with Crippen LogP contribution in [0.3, 0.4) is 0 Å². The van der Waals surface area contributed by atoms with Gasteiger partial charge in [-0.2, -0.15) is 15.6 Å². The summed E-state index contributed by atoms with van der Waals surface area (Å²) in [5.41, 5.74) is 1.42. The first kappa shape index (κ1) is 22.0. The van der Waals surface area contributed by atoms with E-state index in [0.29, 0.717) is 25.2 Å². The number of hydrogen-bond acceptors (Lipinski definition) is 9. The second-order valence-electron chi connectivity index (χ2n) is 6.02. The Morgan fingerprint density at radius 2 is 1.90 bits per heavy atom. The van der Waals surface area contributed by atoms with Gasteiger partial charge in [-0.1, -0.05) is 0 Å². The first-order valence-electron chi connectivity index (χ1n) is 8.90. The molecule has 0 radical (unpaired) electrons. The maximum atomic E-state index is 10.9. The van der Waals surface area contributed by atoms with Crippen molar-refractivity contribution in [3.63, 3.8) is 0 Å². The van der Waals surface area contributed by atoms with Crippen molar-refractivity contribution in [1.82, 2.24) is 0 Å². The van der Waals surface area contributed by atoms with E-state index >= 15 is 0 Å². The number of nitro benzene ring substituents is 1. The molecule has 0 aliphatic carbocycles. The maximum Gasteiger partial charge on any atom is 0.302 e. The van der Waals surface area contributed by atoms with Gasteiger partial charge in [-0.05, 0) is 30.3 Å². The second kappa shape index (κ2) is 10.9. The van der Waals surface area contributed by atoms with Crippen molar-refractivity contribution in [3.05, 3.63) is 58.1 Å². The zero-order valence-electron chi connectivity index (χ0n) is 16.2. The number of nitrogens with zero attached hydrogens (tertiary/aromatic N) is 6. The number of esters is 1. The summed E-state index contributed by atoms with van der Waals surface area (Å²) in [4.78, 5) is 23.1. The van der Waals surface area contributed by atoms with Crippen LogP contribution in [0, 0.1) is 32.8 Å². The highest BCUT2D eigenvalue weighted by atomic mass is 16.6. The fourth-order valence-electron chi connectivity index (χ4n) is 2.51. The molecule has 0 atom stereocenters. The van der Waals surface area contributed by atoms with Crippen LogP contribution in [0.15, 0.2) is 52.7 Å². The van der Waals surface area contributed by atoms with Crippen LogP contribution in [0.4, 0.5) is 22.7 Å². The number of nitro groups is 1. The lowest BCUT2D eigenvalue weighted by atomic mass is 10.2. The van der Waals surface area contributed by atoms with E-state index in [2.05, 4.69) is 16.3 Å². The highest BCUT2D eigenvalue weighted by Gasteiger charge is 2.11. The zero-order valence-corrected chi connectivity index (χ0v) is 16.2. The van der Waals surface area contributed by atoms with Crippen LogP contribution in [-0.4, -0.2) is 30.6 Å². The quantitative estimate of drug-likeness (QED) is 0.263. The van der Waals surface area contributed by atoms with Crippen LogP contribution in [-0.2, 0) is 9.53 Å². The number of anilines is 1. The molecule has 0 heterocycles. The monoisotopic (exact) mass is 406 g/mol. The van der Waals surface area contributed by atoms with Crippen molar-refractivity contribution < 1.29 is 14.5 Å². The molecule has 0 saturated carbocycles. The van der Waals surface area contributed by atoms with Crippen molar-refractivity contribution in [2.75, 3.05) is 24.6 Å². The van der Waals surface area contributed by atoms with Gasteiger partial charge < -0.3 is 9.64 Å². The molecule has 0 aliphatic heterocycles. The van der Waals surface area contributed by atoms with E-state index in [1.165, 1.54) is 19.1 Å². The lowest BCUT2D eigenvalue weighted by Crippen LogP contribution is -2.28. The summed E-state index contributed by atoms with van der Waals surface area (Å²) in [6.45, 7) is 2.46. The Bertz CT molecular complexity index is 1020. The highest BCUT2D eigenvalue weighted by Crippen LogP contribution is 2.27. The molecule has 10 nitrogen and oxygen atoms in total. The number of carbonyl (C=O) groups is 1. The molecule has 0 fully saturated rings. The Kier molecular flexibility index (Phi) is 7.97. The van der Waals surface area contributed by atoms with Crippen LogP contribution in [0.5, 0.6) is 0 Å². The fraction of sp³-hybridized carbons (Fsp3) is 0.250. The molecular formula is C20H18N6O4. The van der Waals surface area contributed by atoms with Crippen LogP contribution in [0.1, 0.15) is 18.9 Å². The summed E-state index contributed by atoms with van der Waals surface area (Å²) in [6.07, 6.45) is 0.318. The topological polar surface area (TPSA) is 145 Å². The number of carbonyl (C=O) groups excluding carboxylic acids is 1. The Balaban J connectivity index is 2.14. The van der Waals surface area contributed by atoms with Crippen molar-refractivity contribution in [3.8, 4) is 12.1 Å². The van der Waals surface area contributed by atoms with E-state index < -0.39 is 4.92 Å². The molecule has 0 amide bonds. The molecule has 2 aromatic carbocycles. The Labute approximate surface area is 172 Å². The predicted octanol–water partition coefficient (Wildman–Crippen LogP) is 4.17. The van der Waals surface area contributed by atoms with Gasteiger partial charge in [0, 0.05) is 31.3 Å². The molecule has 30 heavy (non-hydrogen) atoms. The van der Waals surface area contributed by atoms with Gasteiger partial charge in [-0.15, -0.1) is 5.11 Å². The maximum absolute atomic E-state index is 10.9. The van der Waals surface area contributed by atoms with Crippen molar-refractivity contribution in [1.29, 1.82) is 10.5 Å². The predicted molar refractivity (Wildman–Crippen MR) is 108 cm³/mol. The third-order valence-electron chi connectivity index (χ3n) is 3.96. The van der Waals surface area contributed by atoms with E-state index in [9.17, 15) is 14.9 Å². The van der Waals surface area contributed by atoms with E-state index in [1.807, 2.05) is 11.0 Å². The second-order valence-corrected chi connectivity index (χ2v) is 6.02. The molecular weight excluding hydrogens is 388 g/mol. The van der Waals surface area contributed by atoms with Gasteiger partial charge in [0.15, 0.2) is 0 Å². The molecule has 152 valence electrons. The number of rotatable bonds is 9. The van der Waals surface area contributed by atoms with Crippen molar-refractivity contribution >= 4 is 28.7 Å². The molecule has 0 bridgehead atoms. The Morgan fingerprint density at radius 3 is 2.50 bits per heavy atom. The van der Waals surface area contributed by atoms with Gasteiger partial charge in [0.25, 0.3) is 5.69 Å². The molecule has 2 aromatic rings. The summed E-state index contributed by atoms with van der Waals surface area (Å²) in [7, 11) is 0. The Hall–Kier alpha value is -4.31. The molecule has 0 aliphatic rings. The molecule has 10 heteroatoms. The zero-order chi connectivity index (χ0) is 21.9. The van der Waals surface area contributed by atoms with E-state index in [4.69, 9.17) is 15.3 Å². The van der Waals surface area contributed by atoms with Gasteiger partial charge in [-0.25, -0.2) is 0 Å². The largest absolute Gasteiger partial charge is 0.464 e. The number of ether oxygens (including phenoxy) is 1. The van der Waals surface area contributed by atoms with Crippen LogP contribution in [0.25, 0.3) is 0 Å². The van der Waals surface area contributed by atoms with Gasteiger partial charge in [0.2, 0.25) is 0 Å². The number of benzene rings is 2. The van der Waals surface area contributed by atoms with Crippen LogP contribution < -0.4 is 4.90 Å². The van der Waals surface area contributed by atoms with Crippen molar-refractivity contribution in [2.24, 2.45) is 10.2 Å². The summed E-state index contributed by atoms with van der Waals surface area (Å²) >= 11 is 0. The van der Waals surface area contributed by atoms with E-state index in [1.54, 1.807) is 24.3 Å². The van der Waals surface area contributed by atoms with E-state index in [0.717, 1.165) is 11.8 Å². The summed E-state index contributed by atoms with van der Waals surface area (Å²) in [5, 5.41) is 36.9. The average Bonchev–Trinajstić information content (AvgIpc) is 2.74. The SMILES string of the molecule is CC(=O)OCCN(CCC#N)c1ccc(/N=N/c2ccc([N+](=O)[O-])cc2C#N)cc1. The molecule has 0 spiro atoms. The van der Waals surface area contributed by atoms with Crippen LogP contribution >= 0.6 is 0 Å². The first-order chi connectivity index (χ1) is 14.4. The lowest BCUT2D eigenvalue weighted by molar-refractivity contribution is -0.384. The first-order valence-corrected chi connectivity index (χ1v) is 8.90. The summed E-state index contributed by atoms with van der Waals surface area (Å²) in [5.74, 6) is -0.367. The standard InChI is InChI=1S/C20H18N6O4/c1-15(27)30-12-11-25(10-2-9-21)18-5-3-17(4-6-18)23-24-20-8-7-19(26(28)29)13-16(20)14-22/h3-8,13H,2,10-12H2,1H3/b24-23+. The van der Waals surface area contributed by atoms with Gasteiger partial charge in [-0.3, -0.25) is 14.9 Å². The number of hydrogen-bond donors (Lipinski definition) is 0. The summed E-state index contributed by atoms with van der Waals surface area (Å²) < 4.78 is 4.96. The van der Waals surface area contributed by atoms with Gasteiger partial charge >= 0.3 is 5.97 Å². The van der Waals surface area contributed by atoms with E-state index in [-0.39, 0.29) is 29.5 Å². The van der Waals surface area contributed by atoms with Crippen LogP contribution in [0.2, 0.25) is 0 Å². The lowest BCUT2D eigenvalue weighted by Gasteiger charge is -2.23. The average molecular weight is 406 g/mol. The number of azo groups is 1. The molecule has 2 rings (SSSR count). The highest BCUT2D eigenvalue weighted by molar-refractivity contribution is 5.66. The fourth-order valence-corrected chi connectivity index (χ4v) is 2.51. The minimum Gasteiger partial charge on any atom is -0.464 e. The normalized spacial score (nSPS) is 10.2. The minimum atomic E-state index is -0.583.